The topological polar surface area (TPSA) is 76.4 Å². The molecule has 0 saturated heterocycles. The Morgan fingerprint density at radius 3 is 2.71 bits per heavy atom. The molecule has 1 aromatic heterocycles. The van der Waals surface area contributed by atoms with Crippen molar-refractivity contribution >= 4 is 22.8 Å². The van der Waals surface area contributed by atoms with Gasteiger partial charge >= 0.3 is 5.63 Å². The number of nitrogens with one attached hydrogen (secondary N) is 1. The summed E-state index contributed by atoms with van der Waals surface area (Å²) in [6.07, 6.45) is 0.0210. The number of fused-ring (bicyclic) bond motifs is 3. The molecule has 84 valence electrons. The number of carbonyl (C=O) groups excluding carboxylic acids is 2. The first-order valence-electron chi connectivity index (χ1n) is 5.06. The zero-order valence-corrected chi connectivity index (χ0v) is 8.65. The zero-order valence-electron chi connectivity index (χ0n) is 8.65. The average molecular weight is 229 g/mol. The third-order valence-corrected chi connectivity index (χ3v) is 2.74. The second-order valence-electron chi connectivity index (χ2n) is 3.79. The van der Waals surface area contributed by atoms with Gasteiger partial charge in [0.1, 0.15) is 11.1 Å². The fraction of sp³-hybridized carbons (Fsp3) is 0.0833. The maximum atomic E-state index is 11.7. The van der Waals surface area contributed by atoms with Crippen LogP contribution in [-0.4, -0.2) is 11.8 Å². The van der Waals surface area contributed by atoms with Crippen LogP contribution >= 0.6 is 0 Å². The van der Waals surface area contributed by atoms with Crippen molar-refractivity contribution in [3.8, 4) is 0 Å². The number of rotatable bonds is 0. The van der Waals surface area contributed by atoms with Crippen LogP contribution in [0.15, 0.2) is 33.5 Å². The fourth-order valence-electron chi connectivity index (χ4n) is 2.02. The van der Waals surface area contributed by atoms with Crippen molar-refractivity contribution in [1.82, 2.24) is 5.32 Å². The third kappa shape index (κ3) is 1.36. The number of para-hydroxylation sites is 1. The van der Waals surface area contributed by atoms with E-state index in [1.165, 1.54) is 0 Å². The number of imide groups is 1. The van der Waals surface area contributed by atoms with E-state index in [-0.39, 0.29) is 12.0 Å². The molecule has 0 aliphatic carbocycles. The minimum absolute atomic E-state index is 0.0210. The Morgan fingerprint density at radius 1 is 1.12 bits per heavy atom. The number of carbonyl (C=O) groups is 2. The molecule has 5 nitrogen and oxygen atoms in total. The molecule has 2 aromatic rings. The van der Waals surface area contributed by atoms with Crippen molar-refractivity contribution in [3.63, 3.8) is 0 Å². The maximum absolute atomic E-state index is 11.7. The van der Waals surface area contributed by atoms with Crippen LogP contribution in [-0.2, 0) is 11.2 Å². The van der Waals surface area contributed by atoms with E-state index in [1.54, 1.807) is 24.3 Å². The van der Waals surface area contributed by atoms with Gasteiger partial charge in [-0.2, -0.15) is 0 Å². The molecule has 0 fully saturated rings. The summed E-state index contributed by atoms with van der Waals surface area (Å²) < 4.78 is 5.04. The van der Waals surface area contributed by atoms with E-state index in [0.717, 1.165) is 0 Å². The summed E-state index contributed by atoms with van der Waals surface area (Å²) in [6, 6.07) is 6.85. The number of hydrogen-bond donors (Lipinski definition) is 1. The molecule has 0 bridgehead atoms. The largest absolute Gasteiger partial charge is 0.422 e. The highest BCUT2D eigenvalue weighted by Gasteiger charge is 2.28. The Balaban J connectivity index is 2.48. The van der Waals surface area contributed by atoms with Gasteiger partial charge in [-0.15, -0.1) is 0 Å². The van der Waals surface area contributed by atoms with Gasteiger partial charge < -0.3 is 4.42 Å². The Morgan fingerprint density at radius 2 is 1.88 bits per heavy atom. The van der Waals surface area contributed by atoms with E-state index in [9.17, 15) is 14.4 Å². The molecule has 1 aliphatic heterocycles. The van der Waals surface area contributed by atoms with Crippen LogP contribution in [0.2, 0.25) is 0 Å². The van der Waals surface area contributed by atoms with Crippen LogP contribution in [0.3, 0.4) is 0 Å². The van der Waals surface area contributed by atoms with Gasteiger partial charge in [0.25, 0.3) is 5.91 Å². The standard InChI is InChI=1S/C12H7NO4/c14-9-5-7-6-3-1-2-4-8(6)17-12(16)10(7)11(15)13-9/h1-4H,5H2,(H,13,14,15). The Labute approximate surface area is 95.0 Å². The van der Waals surface area contributed by atoms with Gasteiger partial charge in [-0.3, -0.25) is 14.9 Å². The Kier molecular flexibility index (Phi) is 1.89. The van der Waals surface area contributed by atoms with Crippen LogP contribution < -0.4 is 10.9 Å². The van der Waals surface area contributed by atoms with Gasteiger partial charge in [-0.1, -0.05) is 18.2 Å². The molecule has 0 radical (unpaired) electrons. The quantitative estimate of drug-likeness (QED) is 0.530. The minimum atomic E-state index is -0.705. The summed E-state index contributed by atoms with van der Waals surface area (Å²) in [5.74, 6) is -1.09. The van der Waals surface area contributed by atoms with Crippen LogP contribution in [0.1, 0.15) is 15.9 Å². The molecule has 1 aromatic carbocycles. The maximum Gasteiger partial charge on any atom is 0.349 e. The first kappa shape index (κ1) is 9.77. The normalized spacial score (nSPS) is 14.6. The van der Waals surface area contributed by atoms with Crippen LogP contribution in [0.4, 0.5) is 0 Å². The lowest BCUT2D eigenvalue weighted by Gasteiger charge is -2.15. The summed E-state index contributed by atoms with van der Waals surface area (Å²) in [6.45, 7) is 0. The first-order chi connectivity index (χ1) is 8.16. The molecule has 5 heteroatoms. The van der Waals surface area contributed by atoms with Crippen molar-refractivity contribution in [3.05, 3.63) is 45.8 Å². The van der Waals surface area contributed by atoms with E-state index >= 15 is 0 Å². The molecular formula is C12H7NO4. The highest BCUT2D eigenvalue weighted by molar-refractivity contribution is 6.12. The second-order valence-corrected chi connectivity index (χ2v) is 3.79. The van der Waals surface area contributed by atoms with Crippen molar-refractivity contribution in [1.29, 1.82) is 0 Å². The lowest BCUT2D eigenvalue weighted by atomic mass is 9.98. The highest BCUT2D eigenvalue weighted by Crippen LogP contribution is 2.22. The second kappa shape index (κ2) is 3.28. The van der Waals surface area contributed by atoms with Gasteiger partial charge in [0.05, 0.1) is 6.42 Å². The molecule has 0 saturated carbocycles. The fourth-order valence-corrected chi connectivity index (χ4v) is 2.02. The molecule has 17 heavy (non-hydrogen) atoms. The summed E-state index contributed by atoms with van der Waals surface area (Å²) in [5, 5.41) is 2.73. The van der Waals surface area contributed by atoms with Crippen LogP contribution in [0.5, 0.6) is 0 Å². The molecule has 2 heterocycles. The molecular weight excluding hydrogens is 222 g/mol. The monoisotopic (exact) mass is 229 g/mol. The van der Waals surface area contributed by atoms with Crippen molar-refractivity contribution in [2.75, 3.05) is 0 Å². The van der Waals surface area contributed by atoms with E-state index in [1.807, 2.05) is 0 Å². The number of benzene rings is 1. The molecule has 0 unspecified atom stereocenters. The average Bonchev–Trinajstić information content (AvgIpc) is 2.28. The van der Waals surface area contributed by atoms with Crippen molar-refractivity contribution < 1.29 is 14.0 Å². The lowest BCUT2D eigenvalue weighted by Crippen LogP contribution is -2.40. The SMILES string of the molecule is O=C1Cc2c(c(=O)oc3ccccc23)C(=O)N1. The third-order valence-electron chi connectivity index (χ3n) is 2.74. The smallest absolute Gasteiger partial charge is 0.349 e. The Bertz CT molecular complexity index is 714. The van der Waals surface area contributed by atoms with Gasteiger partial charge in [0.15, 0.2) is 0 Å². The zero-order chi connectivity index (χ0) is 12.0. The minimum Gasteiger partial charge on any atom is -0.422 e. The van der Waals surface area contributed by atoms with Gasteiger partial charge in [-0.05, 0) is 11.6 Å². The predicted octanol–water partition coefficient (Wildman–Crippen LogP) is 0.605. The van der Waals surface area contributed by atoms with Gasteiger partial charge in [-0.25, -0.2) is 4.79 Å². The van der Waals surface area contributed by atoms with E-state index < -0.39 is 17.4 Å². The van der Waals surface area contributed by atoms with E-state index in [0.29, 0.717) is 16.5 Å². The van der Waals surface area contributed by atoms with Crippen molar-refractivity contribution in [2.24, 2.45) is 0 Å². The molecule has 2 amide bonds. The summed E-state index contributed by atoms with van der Waals surface area (Å²) in [5.41, 5.74) is 0.0661. The van der Waals surface area contributed by atoms with Crippen LogP contribution in [0.25, 0.3) is 11.0 Å². The molecule has 0 atom stereocenters. The molecule has 1 aliphatic rings. The number of hydrogen-bond acceptors (Lipinski definition) is 4. The lowest BCUT2D eigenvalue weighted by molar-refractivity contribution is -0.119. The van der Waals surface area contributed by atoms with Gasteiger partial charge in [0, 0.05) is 5.39 Å². The van der Waals surface area contributed by atoms with E-state index in [2.05, 4.69) is 5.32 Å². The highest BCUT2D eigenvalue weighted by atomic mass is 16.4. The first-order valence-corrected chi connectivity index (χ1v) is 5.06. The summed E-state index contributed by atoms with van der Waals surface area (Å²) in [7, 11) is 0. The molecule has 0 spiro atoms. The van der Waals surface area contributed by atoms with Crippen molar-refractivity contribution in [2.45, 2.75) is 6.42 Å². The number of amides is 2. The van der Waals surface area contributed by atoms with Gasteiger partial charge in [0.2, 0.25) is 5.91 Å². The van der Waals surface area contributed by atoms with Crippen LogP contribution in [0, 0.1) is 0 Å². The summed E-state index contributed by atoms with van der Waals surface area (Å²) >= 11 is 0. The predicted molar refractivity (Wildman–Crippen MR) is 58.7 cm³/mol. The Hall–Kier alpha value is -2.43. The molecule has 1 N–H and O–H groups in total. The summed E-state index contributed by atoms with van der Waals surface area (Å²) in [4.78, 5) is 34.6. The van der Waals surface area contributed by atoms with E-state index in [4.69, 9.17) is 4.42 Å². The molecule has 3 rings (SSSR count).